The Kier molecular flexibility index (Phi) is 4.61. The zero-order chi connectivity index (χ0) is 16.2. The first kappa shape index (κ1) is 15.5. The van der Waals surface area contributed by atoms with Gasteiger partial charge in [-0.05, 0) is 13.0 Å². The number of carbonyl (C=O) groups excluding carboxylic acids is 1. The highest BCUT2D eigenvalue weighted by molar-refractivity contribution is 5.78. The van der Waals surface area contributed by atoms with E-state index in [1.165, 1.54) is 0 Å². The summed E-state index contributed by atoms with van der Waals surface area (Å²) in [5.74, 6) is 0.600. The van der Waals surface area contributed by atoms with Crippen LogP contribution in [0, 0.1) is 0 Å². The Morgan fingerprint density at radius 2 is 2.39 bits per heavy atom. The van der Waals surface area contributed by atoms with Crippen molar-refractivity contribution in [2.45, 2.75) is 32.0 Å². The van der Waals surface area contributed by atoms with Crippen LogP contribution < -0.4 is 10.1 Å². The lowest BCUT2D eigenvalue weighted by Gasteiger charge is -2.19. The first-order chi connectivity index (χ1) is 11.1. The number of nitrogens with one attached hydrogen (secondary N) is 1. The van der Waals surface area contributed by atoms with E-state index in [0.717, 1.165) is 12.2 Å². The zero-order valence-electron chi connectivity index (χ0n) is 13.3. The minimum atomic E-state index is -0.211. The predicted octanol–water partition coefficient (Wildman–Crippen LogP) is 0.142. The molecule has 8 nitrogen and oxygen atoms in total. The number of ether oxygens (including phenoxy) is 2. The highest BCUT2D eigenvalue weighted by Gasteiger charge is 2.31. The molecule has 0 bridgehead atoms. The summed E-state index contributed by atoms with van der Waals surface area (Å²) in [6.07, 6.45) is 5.37. The lowest BCUT2D eigenvalue weighted by Crippen LogP contribution is -2.45. The molecule has 1 aliphatic heterocycles. The molecule has 0 unspecified atom stereocenters. The average Bonchev–Trinajstić information content (AvgIpc) is 3.23. The molecule has 1 fully saturated rings. The third-order valence-electron chi connectivity index (χ3n) is 3.71. The summed E-state index contributed by atoms with van der Waals surface area (Å²) in [5.41, 5.74) is 0.741. The van der Waals surface area contributed by atoms with Gasteiger partial charge in [0.15, 0.2) is 5.75 Å². The summed E-state index contributed by atoms with van der Waals surface area (Å²) in [4.78, 5) is 12.1. The van der Waals surface area contributed by atoms with E-state index in [2.05, 4.69) is 15.5 Å². The minimum Gasteiger partial charge on any atom is -0.482 e. The Hall–Kier alpha value is -2.35. The second-order valence-corrected chi connectivity index (χ2v) is 5.56. The predicted molar refractivity (Wildman–Crippen MR) is 82.0 cm³/mol. The lowest BCUT2D eigenvalue weighted by atomic mass is 10.2. The van der Waals surface area contributed by atoms with Crippen molar-refractivity contribution in [1.29, 1.82) is 0 Å². The van der Waals surface area contributed by atoms with Gasteiger partial charge in [0.1, 0.15) is 6.10 Å². The van der Waals surface area contributed by atoms with E-state index in [-0.39, 0.29) is 24.5 Å². The van der Waals surface area contributed by atoms with Gasteiger partial charge in [0.2, 0.25) is 5.91 Å². The highest BCUT2D eigenvalue weighted by atomic mass is 16.5. The van der Waals surface area contributed by atoms with Crippen LogP contribution in [0.5, 0.6) is 5.75 Å². The molecule has 3 heterocycles. The van der Waals surface area contributed by atoms with Crippen LogP contribution in [-0.4, -0.2) is 50.8 Å². The maximum absolute atomic E-state index is 12.1. The third kappa shape index (κ3) is 3.89. The van der Waals surface area contributed by atoms with Gasteiger partial charge in [0.05, 0.1) is 43.8 Å². The molecule has 2 aromatic rings. The molecule has 1 N–H and O–H groups in total. The average molecular weight is 319 g/mol. The topological polar surface area (TPSA) is 83.2 Å². The van der Waals surface area contributed by atoms with E-state index in [0.29, 0.717) is 19.0 Å². The summed E-state index contributed by atoms with van der Waals surface area (Å²) in [7, 11) is 1.83. The Labute approximate surface area is 134 Å². The Morgan fingerprint density at radius 3 is 3.09 bits per heavy atom. The summed E-state index contributed by atoms with van der Waals surface area (Å²) in [6, 6.07) is 1.66. The van der Waals surface area contributed by atoms with Crippen LogP contribution in [0.15, 0.2) is 24.7 Å². The SMILES string of the molecule is CCn1cc(O[C@@H]2COC[C@@H]2NC(=O)Cc2ccn(C)n2)cn1. The second-order valence-electron chi connectivity index (χ2n) is 5.56. The molecule has 1 amide bonds. The fourth-order valence-electron chi connectivity index (χ4n) is 2.52. The minimum absolute atomic E-state index is 0.0861. The van der Waals surface area contributed by atoms with Crippen molar-refractivity contribution in [3.63, 3.8) is 0 Å². The van der Waals surface area contributed by atoms with Gasteiger partial charge in [-0.3, -0.25) is 14.2 Å². The number of rotatable bonds is 6. The van der Waals surface area contributed by atoms with E-state index in [4.69, 9.17) is 9.47 Å². The molecule has 23 heavy (non-hydrogen) atoms. The van der Waals surface area contributed by atoms with Crippen LogP contribution in [0.1, 0.15) is 12.6 Å². The number of amides is 1. The standard InChI is InChI=1S/C15H21N5O3/c1-3-20-8-12(7-16-20)23-14-10-22-9-13(14)17-15(21)6-11-4-5-19(2)18-11/h4-5,7-8,13-14H,3,6,9-10H2,1-2H3,(H,17,21)/t13-,14+/m0/s1. The fraction of sp³-hybridized carbons (Fsp3) is 0.533. The number of aryl methyl sites for hydroxylation is 2. The van der Waals surface area contributed by atoms with E-state index in [1.54, 1.807) is 15.6 Å². The van der Waals surface area contributed by atoms with Crippen LogP contribution in [0.2, 0.25) is 0 Å². The molecule has 124 valence electrons. The van der Waals surface area contributed by atoms with Crippen molar-refractivity contribution in [2.75, 3.05) is 13.2 Å². The van der Waals surface area contributed by atoms with Gasteiger partial charge in [-0.2, -0.15) is 10.2 Å². The van der Waals surface area contributed by atoms with E-state index in [1.807, 2.05) is 32.4 Å². The summed E-state index contributed by atoms with van der Waals surface area (Å²) >= 11 is 0. The first-order valence-electron chi connectivity index (χ1n) is 7.69. The van der Waals surface area contributed by atoms with Crippen molar-refractivity contribution < 1.29 is 14.3 Å². The number of hydrogen-bond donors (Lipinski definition) is 1. The summed E-state index contributed by atoms with van der Waals surface area (Å²) in [5, 5.41) is 11.3. The number of aromatic nitrogens is 4. The van der Waals surface area contributed by atoms with Gasteiger partial charge in [-0.15, -0.1) is 0 Å². The molecule has 0 aromatic carbocycles. The molecule has 1 aliphatic rings. The van der Waals surface area contributed by atoms with Crippen LogP contribution in [-0.2, 0) is 29.5 Å². The highest BCUT2D eigenvalue weighted by Crippen LogP contribution is 2.16. The van der Waals surface area contributed by atoms with Gasteiger partial charge < -0.3 is 14.8 Å². The first-order valence-corrected chi connectivity index (χ1v) is 7.69. The smallest absolute Gasteiger partial charge is 0.226 e. The van der Waals surface area contributed by atoms with E-state index in [9.17, 15) is 4.79 Å². The molecule has 0 spiro atoms. The van der Waals surface area contributed by atoms with Crippen molar-refractivity contribution >= 4 is 5.91 Å². The Morgan fingerprint density at radius 1 is 1.52 bits per heavy atom. The van der Waals surface area contributed by atoms with Crippen LogP contribution >= 0.6 is 0 Å². The van der Waals surface area contributed by atoms with Crippen molar-refractivity contribution in [3.05, 3.63) is 30.4 Å². The lowest BCUT2D eigenvalue weighted by molar-refractivity contribution is -0.121. The third-order valence-corrected chi connectivity index (χ3v) is 3.71. The molecule has 2 aromatic heterocycles. The molecule has 8 heteroatoms. The zero-order valence-corrected chi connectivity index (χ0v) is 13.3. The Balaban J connectivity index is 1.54. The van der Waals surface area contributed by atoms with Gasteiger partial charge in [-0.1, -0.05) is 0 Å². The van der Waals surface area contributed by atoms with E-state index >= 15 is 0 Å². The van der Waals surface area contributed by atoms with Gasteiger partial charge in [0, 0.05) is 19.8 Å². The maximum atomic E-state index is 12.1. The molecule has 0 radical (unpaired) electrons. The molecule has 0 saturated carbocycles. The van der Waals surface area contributed by atoms with Crippen molar-refractivity contribution in [2.24, 2.45) is 7.05 Å². The van der Waals surface area contributed by atoms with Crippen LogP contribution in [0.4, 0.5) is 0 Å². The van der Waals surface area contributed by atoms with Crippen LogP contribution in [0.3, 0.4) is 0 Å². The van der Waals surface area contributed by atoms with Gasteiger partial charge in [0.25, 0.3) is 0 Å². The molecule has 2 atom stereocenters. The largest absolute Gasteiger partial charge is 0.482 e. The fourth-order valence-corrected chi connectivity index (χ4v) is 2.52. The van der Waals surface area contributed by atoms with Crippen LogP contribution in [0.25, 0.3) is 0 Å². The summed E-state index contributed by atoms with van der Waals surface area (Å²) in [6.45, 7) is 3.69. The molecule has 3 rings (SSSR count). The monoisotopic (exact) mass is 319 g/mol. The van der Waals surface area contributed by atoms with E-state index < -0.39 is 0 Å². The quantitative estimate of drug-likeness (QED) is 0.819. The number of carbonyl (C=O) groups is 1. The maximum Gasteiger partial charge on any atom is 0.226 e. The second kappa shape index (κ2) is 6.82. The molecular formula is C15H21N5O3. The molecule has 1 saturated heterocycles. The Bertz CT molecular complexity index is 666. The normalized spacial score (nSPS) is 20.6. The molecular weight excluding hydrogens is 298 g/mol. The summed E-state index contributed by atoms with van der Waals surface area (Å²) < 4.78 is 14.8. The van der Waals surface area contributed by atoms with Crippen molar-refractivity contribution in [3.8, 4) is 5.75 Å². The molecule has 0 aliphatic carbocycles. The van der Waals surface area contributed by atoms with Gasteiger partial charge >= 0.3 is 0 Å². The number of nitrogens with zero attached hydrogens (tertiary/aromatic N) is 4. The number of hydrogen-bond acceptors (Lipinski definition) is 5. The van der Waals surface area contributed by atoms with Gasteiger partial charge in [-0.25, -0.2) is 0 Å². The van der Waals surface area contributed by atoms with Crippen molar-refractivity contribution in [1.82, 2.24) is 24.9 Å².